The standard InChI is InChI=1S/C21H38N2O4SSi/c1-19(2,3)27-18(24)23(9)21(7,8)16-12-14-17(15-13-16)28(25,26)22-29(10,11)20(4,5)6/h12-15,22H,1-11H3. The monoisotopic (exact) mass is 442 g/mol. The van der Waals surface area contributed by atoms with Gasteiger partial charge in [-0.2, -0.15) is 0 Å². The van der Waals surface area contributed by atoms with E-state index in [4.69, 9.17) is 4.74 Å². The van der Waals surface area contributed by atoms with Crippen molar-refractivity contribution in [3.05, 3.63) is 29.8 Å². The highest BCUT2D eigenvalue weighted by atomic mass is 32.2. The first kappa shape index (κ1) is 25.7. The molecule has 1 rings (SSSR count). The van der Waals surface area contributed by atoms with E-state index in [1.165, 1.54) is 4.90 Å². The zero-order chi connectivity index (χ0) is 23.1. The fourth-order valence-corrected chi connectivity index (χ4v) is 7.22. The Morgan fingerprint density at radius 2 is 1.41 bits per heavy atom. The van der Waals surface area contributed by atoms with Crippen molar-refractivity contribution in [1.29, 1.82) is 0 Å². The fraction of sp³-hybridized carbons (Fsp3) is 0.667. The molecule has 1 N–H and O–H groups in total. The topological polar surface area (TPSA) is 75.7 Å². The maximum absolute atomic E-state index is 12.9. The Bertz CT molecular complexity index is 833. The van der Waals surface area contributed by atoms with Crippen molar-refractivity contribution < 1.29 is 17.9 Å². The molecule has 1 aromatic rings. The summed E-state index contributed by atoms with van der Waals surface area (Å²) in [6.07, 6.45) is -0.432. The van der Waals surface area contributed by atoms with Gasteiger partial charge in [-0.05, 0) is 57.4 Å². The summed E-state index contributed by atoms with van der Waals surface area (Å²) in [7, 11) is -4.18. The normalized spacial score (nSPS) is 13.9. The van der Waals surface area contributed by atoms with Gasteiger partial charge in [-0.3, -0.25) is 0 Å². The minimum absolute atomic E-state index is 0.113. The molecule has 0 saturated carbocycles. The molecular formula is C21H38N2O4SSi. The van der Waals surface area contributed by atoms with Crippen LogP contribution in [0.4, 0.5) is 4.79 Å². The van der Waals surface area contributed by atoms with Gasteiger partial charge in [0.2, 0.25) is 10.0 Å². The first-order chi connectivity index (χ1) is 12.7. The number of sulfonamides is 1. The number of carbonyl (C=O) groups is 1. The van der Waals surface area contributed by atoms with Gasteiger partial charge in [0.25, 0.3) is 0 Å². The SMILES string of the molecule is CN(C(=O)OC(C)(C)C)C(C)(C)c1ccc(S(=O)(=O)N[Si](C)(C)C(C)(C)C)cc1. The van der Waals surface area contributed by atoms with Crippen LogP contribution in [0.15, 0.2) is 29.2 Å². The van der Waals surface area contributed by atoms with Gasteiger partial charge in [-0.15, -0.1) is 0 Å². The lowest BCUT2D eigenvalue weighted by atomic mass is 9.93. The van der Waals surface area contributed by atoms with E-state index < -0.39 is 35.5 Å². The van der Waals surface area contributed by atoms with Gasteiger partial charge < -0.3 is 9.64 Å². The van der Waals surface area contributed by atoms with Gasteiger partial charge in [0.15, 0.2) is 0 Å². The van der Waals surface area contributed by atoms with E-state index in [0.717, 1.165) is 5.56 Å². The van der Waals surface area contributed by atoms with Crippen LogP contribution in [0.3, 0.4) is 0 Å². The van der Waals surface area contributed by atoms with Crippen molar-refractivity contribution in [2.75, 3.05) is 7.05 Å². The van der Waals surface area contributed by atoms with E-state index in [1.54, 1.807) is 31.3 Å². The molecule has 29 heavy (non-hydrogen) atoms. The molecule has 0 heterocycles. The van der Waals surface area contributed by atoms with Crippen LogP contribution in [0, 0.1) is 0 Å². The average Bonchev–Trinajstić information content (AvgIpc) is 2.50. The fourth-order valence-electron chi connectivity index (χ4n) is 2.34. The minimum Gasteiger partial charge on any atom is -0.444 e. The molecule has 1 aromatic carbocycles. The van der Waals surface area contributed by atoms with E-state index in [9.17, 15) is 13.2 Å². The molecule has 0 aliphatic heterocycles. The number of hydrogen-bond donors (Lipinski definition) is 1. The second-order valence-electron chi connectivity index (χ2n) is 10.6. The summed E-state index contributed by atoms with van der Waals surface area (Å²) in [5, 5.41) is -0.113. The first-order valence-corrected chi connectivity index (χ1v) is 14.3. The lowest BCUT2D eigenvalue weighted by Gasteiger charge is -2.37. The summed E-state index contributed by atoms with van der Waals surface area (Å²) in [5.74, 6) is 0. The number of benzene rings is 1. The Morgan fingerprint density at radius 1 is 0.966 bits per heavy atom. The molecular weight excluding hydrogens is 404 g/mol. The number of nitrogens with zero attached hydrogens (tertiary/aromatic N) is 1. The molecule has 0 bridgehead atoms. The number of carbonyl (C=O) groups excluding carboxylic acids is 1. The number of rotatable bonds is 5. The van der Waals surface area contributed by atoms with Crippen molar-refractivity contribution in [3.8, 4) is 0 Å². The van der Waals surface area contributed by atoms with E-state index in [1.807, 2.05) is 47.7 Å². The summed E-state index contributed by atoms with van der Waals surface area (Å²) in [5.41, 5.74) is -0.441. The molecule has 0 spiro atoms. The van der Waals surface area contributed by atoms with Crippen molar-refractivity contribution in [2.24, 2.45) is 0 Å². The van der Waals surface area contributed by atoms with E-state index in [-0.39, 0.29) is 9.93 Å². The largest absolute Gasteiger partial charge is 0.444 e. The number of hydrogen-bond acceptors (Lipinski definition) is 4. The maximum atomic E-state index is 12.9. The highest BCUT2D eigenvalue weighted by Crippen LogP contribution is 2.35. The lowest BCUT2D eigenvalue weighted by Crippen LogP contribution is -2.54. The Balaban J connectivity index is 3.13. The van der Waals surface area contributed by atoms with Crippen molar-refractivity contribution in [3.63, 3.8) is 0 Å². The number of nitrogens with one attached hydrogen (secondary N) is 1. The second-order valence-corrected chi connectivity index (χ2v) is 17.6. The summed E-state index contributed by atoms with van der Waals surface area (Å²) >= 11 is 0. The second kappa shape index (κ2) is 8.04. The van der Waals surface area contributed by atoms with E-state index >= 15 is 0 Å². The van der Waals surface area contributed by atoms with Gasteiger partial charge in [0.1, 0.15) is 13.8 Å². The molecule has 0 aliphatic rings. The summed E-state index contributed by atoms with van der Waals surface area (Å²) < 4.78 is 34.2. The molecule has 0 atom stereocenters. The van der Waals surface area contributed by atoms with Gasteiger partial charge in [0, 0.05) is 7.05 Å². The Hall–Kier alpha value is -1.38. The molecule has 1 amide bonds. The molecule has 0 aromatic heterocycles. The molecule has 0 fully saturated rings. The smallest absolute Gasteiger partial charge is 0.410 e. The van der Waals surface area contributed by atoms with Crippen LogP contribution in [-0.4, -0.2) is 40.3 Å². The summed E-state index contributed by atoms with van der Waals surface area (Å²) in [4.78, 5) is 14.2. The van der Waals surface area contributed by atoms with Crippen LogP contribution >= 0.6 is 0 Å². The van der Waals surface area contributed by atoms with Crippen molar-refractivity contribution in [1.82, 2.24) is 9.29 Å². The van der Waals surface area contributed by atoms with E-state index in [0.29, 0.717) is 0 Å². The maximum Gasteiger partial charge on any atom is 0.410 e. The van der Waals surface area contributed by atoms with Gasteiger partial charge >= 0.3 is 6.09 Å². The average molecular weight is 443 g/mol. The third kappa shape index (κ3) is 6.30. The lowest BCUT2D eigenvalue weighted by molar-refractivity contribution is 0.0104. The molecule has 0 radical (unpaired) electrons. The minimum atomic E-state index is -3.62. The van der Waals surface area contributed by atoms with E-state index in [2.05, 4.69) is 25.2 Å². The number of amides is 1. The van der Waals surface area contributed by atoms with Crippen LogP contribution in [-0.2, 0) is 20.3 Å². The number of ether oxygens (including phenoxy) is 1. The Kier molecular flexibility index (Phi) is 7.11. The van der Waals surface area contributed by atoms with Crippen LogP contribution in [0.1, 0.15) is 61.0 Å². The molecule has 0 unspecified atom stereocenters. The van der Waals surface area contributed by atoms with Crippen LogP contribution < -0.4 is 4.39 Å². The molecule has 6 nitrogen and oxygen atoms in total. The zero-order valence-electron chi connectivity index (χ0n) is 19.8. The predicted octanol–water partition coefficient (Wildman–Crippen LogP) is 5.07. The Labute approximate surface area is 178 Å². The van der Waals surface area contributed by atoms with Gasteiger partial charge in [0.05, 0.1) is 10.4 Å². The zero-order valence-corrected chi connectivity index (χ0v) is 21.6. The van der Waals surface area contributed by atoms with Gasteiger partial charge in [-0.25, -0.2) is 17.6 Å². The highest BCUT2D eigenvalue weighted by molar-refractivity contribution is 7.91. The van der Waals surface area contributed by atoms with Crippen molar-refractivity contribution in [2.45, 2.75) is 89.6 Å². The summed E-state index contributed by atoms with van der Waals surface area (Å²) in [6.45, 7) is 19.4. The molecule has 166 valence electrons. The first-order valence-electron chi connectivity index (χ1n) is 9.82. The molecule has 0 saturated heterocycles. The highest BCUT2D eigenvalue weighted by Gasteiger charge is 2.39. The molecule has 0 aliphatic carbocycles. The third-order valence-corrected chi connectivity index (χ3v) is 13.4. The van der Waals surface area contributed by atoms with Crippen molar-refractivity contribution >= 4 is 24.4 Å². The van der Waals surface area contributed by atoms with Gasteiger partial charge in [-0.1, -0.05) is 46.0 Å². The predicted molar refractivity (Wildman–Crippen MR) is 121 cm³/mol. The molecule has 8 heteroatoms. The Morgan fingerprint density at radius 3 is 1.79 bits per heavy atom. The van der Waals surface area contributed by atoms with Crippen LogP contribution in [0.5, 0.6) is 0 Å². The van der Waals surface area contributed by atoms with Crippen LogP contribution in [0.25, 0.3) is 0 Å². The summed E-state index contributed by atoms with van der Waals surface area (Å²) in [6, 6.07) is 6.69. The van der Waals surface area contributed by atoms with Crippen LogP contribution in [0.2, 0.25) is 18.1 Å². The third-order valence-electron chi connectivity index (χ3n) is 5.64. The quantitative estimate of drug-likeness (QED) is 0.646.